The Hall–Kier alpha value is -3.56. The van der Waals surface area contributed by atoms with E-state index < -0.39 is 22.0 Å². The number of likely N-dealkylation sites (N-methyl/N-ethyl adjacent to an activating group) is 1. The maximum Gasteiger partial charge on any atom is 0.243 e. The van der Waals surface area contributed by atoms with Crippen LogP contribution in [0.2, 0.25) is 0 Å². The molecule has 0 saturated heterocycles. The van der Waals surface area contributed by atoms with Crippen LogP contribution in [0.15, 0.2) is 85.2 Å². The van der Waals surface area contributed by atoms with Crippen molar-refractivity contribution in [3.8, 4) is 0 Å². The van der Waals surface area contributed by atoms with E-state index >= 15 is 0 Å². The van der Waals surface area contributed by atoms with Crippen LogP contribution >= 0.6 is 0 Å². The number of aromatic nitrogens is 1. The molecule has 2 amide bonds. The number of pyridine rings is 1. The molecule has 184 valence electrons. The van der Waals surface area contributed by atoms with Gasteiger partial charge in [0.05, 0.1) is 12.8 Å². The van der Waals surface area contributed by atoms with Gasteiger partial charge in [-0.05, 0) is 28.8 Å². The van der Waals surface area contributed by atoms with Crippen LogP contribution in [0, 0.1) is 0 Å². The summed E-state index contributed by atoms with van der Waals surface area (Å²) in [6.45, 7) is 0.0787. The first-order chi connectivity index (χ1) is 16.7. The number of carbonyl (C=O) groups is 2. The summed E-state index contributed by atoms with van der Waals surface area (Å²) in [5.41, 5.74) is 2.60. The van der Waals surface area contributed by atoms with E-state index in [-0.39, 0.29) is 32.0 Å². The van der Waals surface area contributed by atoms with Crippen molar-refractivity contribution in [1.82, 2.24) is 19.5 Å². The smallest absolute Gasteiger partial charge is 0.243 e. The number of amides is 2. The molecule has 3 rings (SSSR count). The quantitative estimate of drug-likeness (QED) is 0.441. The third kappa shape index (κ3) is 8.01. The van der Waals surface area contributed by atoms with Gasteiger partial charge >= 0.3 is 0 Å². The van der Waals surface area contributed by atoms with E-state index in [1.807, 2.05) is 60.7 Å². The molecule has 3 aromatic rings. The second kappa shape index (κ2) is 12.2. The van der Waals surface area contributed by atoms with Crippen molar-refractivity contribution in [3.05, 3.63) is 102 Å². The van der Waals surface area contributed by atoms with E-state index in [2.05, 4.69) is 10.3 Å². The Morgan fingerprint density at radius 3 is 2.03 bits per heavy atom. The van der Waals surface area contributed by atoms with Crippen LogP contribution in [0.5, 0.6) is 0 Å². The lowest BCUT2D eigenvalue weighted by atomic mass is 10.0. The number of nitrogens with one attached hydrogen (secondary N) is 1. The summed E-state index contributed by atoms with van der Waals surface area (Å²) in [6.07, 6.45) is 4.62. The summed E-state index contributed by atoms with van der Waals surface area (Å²) in [5, 5.41) is 2.93. The highest BCUT2D eigenvalue weighted by Crippen LogP contribution is 2.16. The average molecular weight is 495 g/mol. The Labute approximate surface area is 206 Å². The lowest BCUT2D eigenvalue weighted by Crippen LogP contribution is -2.52. The van der Waals surface area contributed by atoms with Gasteiger partial charge < -0.3 is 10.2 Å². The summed E-state index contributed by atoms with van der Waals surface area (Å²) < 4.78 is 24.9. The van der Waals surface area contributed by atoms with E-state index in [0.717, 1.165) is 27.3 Å². The molecular weight excluding hydrogens is 464 g/mol. The van der Waals surface area contributed by atoms with Crippen LogP contribution < -0.4 is 5.32 Å². The maximum absolute atomic E-state index is 13.5. The van der Waals surface area contributed by atoms with Crippen molar-refractivity contribution in [1.29, 1.82) is 0 Å². The Morgan fingerprint density at radius 1 is 0.886 bits per heavy atom. The minimum Gasteiger partial charge on any atom is -0.350 e. The number of sulfonamides is 1. The fraction of sp³-hybridized carbons (Fsp3) is 0.269. The molecule has 1 aromatic heterocycles. The van der Waals surface area contributed by atoms with Crippen LogP contribution in [-0.2, 0) is 39.1 Å². The lowest BCUT2D eigenvalue weighted by Gasteiger charge is -2.32. The summed E-state index contributed by atoms with van der Waals surface area (Å²) in [7, 11) is -2.23. The van der Waals surface area contributed by atoms with E-state index in [0.29, 0.717) is 0 Å². The van der Waals surface area contributed by atoms with Gasteiger partial charge in [0.15, 0.2) is 0 Å². The molecule has 1 heterocycles. The average Bonchev–Trinajstić information content (AvgIpc) is 2.86. The van der Waals surface area contributed by atoms with Gasteiger partial charge in [-0.3, -0.25) is 14.6 Å². The summed E-state index contributed by atoms with van der Waals surface area (Å²) in [4.78, 5) is 32.4. The van der Waals surface area contributed by atoms with E-state index in [1.54, 1.807) is 24.5 Å². The first-order valence-electron chi connectivity index (χ1n) is 11.2. The first kappa shape index (κ1) is 26.1. The monoisotopic (exact) mass is 494 g/mol. The molecule has 35 heavy (non-hydrogen) atoms. The van der Waals surface area contributed by atoms with E-state index in [9.17, 15) is 18.0 Å². The Morgan fingerprint density at radius 2 is 1.46 bits per heavy atom. The van der Waals surface area contributed by atoms with Gasteiger partial charge in [-0.1, -0.05) is 60.7 Å². The molecule has 0 aliphatic carbocycles. The van der Waals surface area contributed by atoms with Gasteiger partial charge in [-0.15, -0.1) is 0 Å². The standard InChI is InChI=1S/C26H30N4O4S/c1-29(35(2,33)34)20-25(31)30(19-23-11-7-4-8-12-23)24(17-21-9-5-3-6-10-21)26(32)28-18-22-13-15-27-16-14-22/h3-16,24H,17-20H2,1-2H3,(H,28,32)/t24-/m0/s1. The summed E-state index contributed by atoms with van der Waals surface area (Å²) >= 11 is 0. The van der Waals surface area contributed by atoms with Crippen molar-refractivity contribution in [3.63, 3.8) is 0 Å². The SMILES string of the molecule is CN(CC(=O)N(Cc1ccccc1)[C@@H](Cc1ccccc1)C(=O)NCc1ccncc1)S(C)(=O)=O. The topological polar surface area (TPSA) is 99.7 Å². The molecule has 1 atom stereocenters. The molecule has 0 fully saturated rings. The van der Waals surface area contributed by atoms with Crippen LogP contribution in [0.25, 0.3) is 0 Å². The number of hydrogen-bond acceptors (Lipinski definition) is 5. The maximum atomic E-state index is 13.5. The minimum atomic E-state index is -3.58. The van der Waals surface area contributed by atoms with Gasteiger partial charge in [0.2, 0.25) is 21.8 Å². The Kier molecular flexibility index (Phi) is 9.11. The number of benzene rings is 2. The summed E-state index contributed by atoms with van der Waals surface area (Å²) in [6, 6.07) is 21.5. The molecule has 8 nitrogen and oxygen atoms in total. The number of rotatable bonds is 11. The van der Waals surface area contributed by atoms with Gasteiger partial charge in [-0.25, -0.2) is 8.42 Å². The highest BCUT2D eigenvalue weighted by Gasteiger charge is 2.31. The highest BCUT2D eigenvalue weighted by atomic mass is 32.2. The predicted molar refractivity (Wildman–Crippen MR) is 134 cm³/mol. The molecule has 9 heteroatoms. The molecule has 1 N–H and O–H groups in total. The van der Waals surface area contributed by atoms with Crippen molar-refractivity contribution in [2.24, 2.45) is 0 Å². The van der Waals surface area contributed by atoms with E-state index in [4.69, 9.17) is 0 Å². The third-order valence-electron chi connectivity index (χ3n) is 5.61. The molecule has 0 saturated carbocycles. The fourth-order valence-electron chi connectivity index (χ4n) is 3.54. The number of hydrogen-bond donors (Lipinski definition) is 1. The minimum absolute atomic E-state index is 0.164. The van der Waals surface area contributed by atoms with Crippen molar-refractivity contribution in [2.75, 3.05) is 19.8 Å². The molecule has 2 aromatic carbocycles. The molecule has 0 aliphatic heterocycles. The van der Waals surface area contributed by atoms with Crippen LogP contribution in [0.3, 0.4) is 0 Å². The number of nitrogens with zero attached hydrogens (tertiary/aromatic N) is 3. The zero-order valence-electron chi connectivity index (χ0n) is 19.9. The molecule has 0 aliphatic rings. The van der Waals surface area contributed by atoms with Gasteiger partial charge in [-0.2, -0.15) is 4.31 Å². The van der Waals surface area contributed by atoms with Gasteiger partial charge in [0.25, 0.3) is 0 Å². The number of carbonyl (C=O) groups excluding carboxylic acids is 2. The van der Waals surface area contributed by atoms with Gasteiger partial charge in [0.1, 0.15) is 6.04 Å². The molecule has 0 bridgehead atoms. The summed E-state index contributed by atoms with van der Waals surface area (Å²) in [5.74, 6) is -0.779. The predicted octanol–water partition coefficient (Wildman–Crippen LogP) is 2.23. The van der Waals surface area contributed by atoms with Crippen molar-refractivity contribution >= 4 is 21.8 Å². The van der Waals surface area contributed by atoms with Crippen molar-refractivity contribution < 1.29 is 18.0 Å². The highest BCUT2D eigenvalue weighted by molar-refractivity contribution is 7.88. The van der Waals surface area contributed by atoms with Gasteiger partial charge in [0, 0.05) is 39.0 Å². The first-order valence-corrected chi connectivity index (χ1v) is 13.0. The van der Waals surface area contributed by atoms with E-state index in [1.165, 1.54) is 11.9 Å². The third-order valence-corrected chi connectivity index (χ3v) is 6.87. The Bertz CT molecular complexity index is 1210. The molecule has 0 unspecified atom stereocenters. The van der Waals surface area contributed by atoms with Crippen LogP contribution in [-0.4, -0.2) is 60.3 Å². The molecule has 0 spiro atoms. The second-order valence-electron chi connectivity index (χ2n) is 8.31. The van der Waals surface area contributed by atoms with Crippen LogP contribution in [0.1, 0.15) is 16.7 Å². The molecule has 0 radical (unpaired) electrons. The zero-order valence-corrected chi connectivity index (χ0v) is 20.7. The normalized spacial score (nSPS) is 12.2. The molecular formula is C26H30N4O4S. The lowest BCUT2D eigenvalue weighted by molar-refractivity contribution is -0.141. The largest absolute Gasteiger partial charge is 0.350 e. The van der Waals surface area contributed by atoms with Crippen molar-refractivity contribution in [2.45, 2.75) is 25.6 Å². The Balaban J connectivity index is 1.92. The van der Waals surface area contributed by atoms with Crippen LogP contribution in [0.4, 0.5) is 0 Å². The zero-order chi connectivity index (χ0) is 25.3. The second-order valence-corrected chi connectivity index (χ2v) is 10.4. The fourth-order valence-corrected chi connectivity index (χ4v) is 3.89.